The van der Waals surface area contributed by atoms with Crippen molar-refractivity contribution in [2.75, 3.05) is 12.8 Å². The Morgan fingerprint density at radius 3 is 2.89 bits per heavy atom. The van der Waals surface area contributed by atoms with E-state index in [1.165, 1.54) is 7.11 Å². The topological polar surface area (TPSA) is 77.5 Å². The molecule has 94 valence electrons. The zero-order valence-corrected chi connectivity index (χ0v) is 9.97. The van der Waals surface area contributed by atoms with E-state index in [9.17, 15) is 4.79 Å². The summed E-state index contributed by atoms with van der Waals surface area (Å²) in [6, 6.07) is 8.63. The third-order valence-corrected chi connectivity index (χ3v) is 2.53. The second-order valence-corrected chi connectivity index (χ2v) is 3.68. The number of rotatable bonds is 4. The van der Waals surface area contributed by atoms with Gasteiger partial charge in [0.25, 0.3) is 5.91 Å². The number of carbonyl (C=O) groups is 1. The predicted octanol–water partition coefficient (Wildman–Crippen LogP) is 1.80. The first-order chi connectivity index (χ1) is 8.72. The highest BCUT2D eigenvalue weighted by atomic mass is 16.5. The molecule has 1 amide bonds. The van der Waals surface area contributed by atoms with Gasteiger partial charge in [-0.15, -0.1) is 0 Å². The van der Waals surface area contributed by atoms with E-state index in [-0.39, 0.29) is 5.91 Å². The number of nitrogens with two attached hydrogens (primary N) is 1. The average Bonchev–Trinajstić information content (AvgIpc) is 2.89. The van der Waals surface area contributed by atoms with Gasteiger partial charge in [0, 0.05) is 0 Å². The molecule has 3 N–H and O–H groups in total. The van der Waals surface area contributed by atoms with Crippen LogP contribution in [0.5, 0.6) is 5.75 Å². The van der Waals surface area contributed by atoms with Crippen LogP contribution in [0.1, 0.15) is 16.1 Å². The van der Waals surface area contributed by atoms with Crippen LogP contribution in [-0.4, -0.2) is 13.0 Å². The van der Waals surface area contributed by atoms with E-state index < -0.39 is 0 Å². The van der Waals surface area contributed by atoms with Gasteiger partial charge in [0.05, 0.1) is 31.2 Å². The molecule has 0 atom stereocenters. The van der Waals surface area contributed by atoms with Gasteiger partial charge in [-0.05, 0) is 24.3 Å². The van der Waals surface area contributed by atoms with E-state index in [0.29, 0.717) is 29.3 Å². The van der Waals surface area contributed by atoms with Crippen molar-refractivity contribution in [2.24, 2.45) is 0 Å². The fourth-order valence-electron chi connectivity index (χ4n) is 1.60. The third kappa shape index (κ3) is 2.45. The highest BCUT2D eigenvalue weighted by molar-refractivity contribution is 6.00. The Hall–Kier alpha value is -2.43. The fraction of sp³-hybridized carbons (Fsp3) is 0.154. The van der Waals surface area contributed by atoms with Crippen LogP contribution >= 0.6 is 0 Å². The van der Waals surface area contributed by atoms with E-state index in [0.717, 1.165) is 0 Å². The number of amides is 1. The fourth-order valence-corrected chi connectivity index (χ4v) is 1.60. The maximum atomic E-state index is 11.9. The van der Waals surface area contributed by atoms with Gasteiger partial charge in [0.15, 0.2) is 0 Å². The van der Waals surface area contributed by atoms with Gasteiger partial charge in [-0.25, -0.2) is 0 Å². The van der Waals surface area contributed by atoms with Crippen LogP contribution in [0.15, 0.2) is 41.0 Å². The molecule has 2 aromatic rings. The van der Waals surface area contributed by atoms with Crippen LogP contribution in [0, 0.1) is 0 Å². The van der Waals surface area contributed by atoms with Crippen molar-refractivity contribution in [3.8, 4) is 5.75 Å². The lowest BCUT2D eigenvalue weighted by molar-refractivity contribution is 0.0948. The molecule has 0 saturated carbocycles. The molecular weight excluding hydrogens is 232 g/mol. The van der Waals surface area contributed by atoms with Crippen LogP contribution in [0.4, 0.5) is 5.69 Å². The SMILES string of the molecule is COc1cccc(C(=O)NCc2ccco2)c1N. The Bertz CT molecular complexity index is 535. The molecule has 0 bridgehead atoms. The number of nitrogens with one attached hydrogen (secondary N) is 1. The molecule has 1 aromatic heterocycles. The summed E-state index contributed by atoms with van der Waals surface area (Å²) in [4.78, 5) is 11.9. The standard InChI is InChI=1S/C13H14N2O3/c1-17-11-6-2-5-10(12(11)14)13(16)15-8-9-4-3-7-18-9/h2-7H,8,14H2,1H3,(H,15,16). The van der Waals surface area contributed by atoms with Crippen molar-refractivity contribution in [1.29, 1.82) is 0 Å². The second-order valence-electron chi connectivity index (χ2n) is 3.68. The minimum absolute atomic E-state index is 0.261. The molecule has 0 aliphatic heterocycles. The number of benzene rings is 1. The summed E-state index contributed by atoms with van der Waals surface area (Å²) < 4.78 is 10.2. The third-order valence-electron chi connectivity index (χ3n) is 2.53. The largest absolute Gasteiger partial charge is 0.495 e. The Morgan fingerprint density at radius 2 is 2.22 bits per heavy atom. The van der Waals surface area contributed by atoms with Crippen molar-refractivity contribution in [3.05, 3.63) is 47.9 Å². The molecule has 1 heterocycles. The number of methoxy groups -OCH3 is 1. The van der Waals surface area contributed by atoms with Gasteiger partial charge in [-0.2, -0.15) is 0 Å². The summed E-state index contributed by atoms with van der Waals surface area (Å²) in [5.41, 5.74) is 6.55. The van der Waals surface area contributed by atoms with Gasteiger partial charge >= 0.3 is 0 Å². The van der Waals surface area contributed by atoms with Gasteiger partial charge < -0.3 is 20.2 Å². The minimum Gasteiger partial charge on any atom is -0.495 e. The van der Waals surface area contributed by atoms with Crippen LogP contribution in [-0.2, 0) is 6.54 Å². The molecule has 0 aliphatic rings. The molecule has 18 heavy (non-hydrogen) atoms. The Morgan fingerprint density at radius 1 is 1.39 bits per heavy atom. The summed E-state index contributed by atoms with van der Waals surface area (Å²) in [7, 11) is 1.51. The average molecular weight is 246 g/mol. The Balaban J connectivity index is 2.09. The van der Waals surface area contributed by atoms with E-state index in [1.807, 2.05) is 0 Å². The highest BCUT2D eigenvalue weighted by Crippen LogP contribution is 2.24. The number of hydrogen-bond acceptors (Lipinski definition) is 4. The number of para-hydroxylation sites is 1. The van der Waals surface area contributed by atoms with Crippen LogP contribution in [0.2, 0.25) is 0 Å². The number of hydrogen-bond donors (Lipinski definition) is 2. The lowest BCUT2D eigenvalue weighted by Gasteiger charge is -2.09. The number of carbonyl (C=O) groups excluding carboxylic acids is 1. The highest BCUT2D eigenvalue weighted by Gasteiger charge is 2.12. The van der Waals surface area contributed by atoms with Crippen LogP contribution in [0.3, 0.4) is 0 Å². The van der Waals surface area contributed by atoms with Crippen LogP contribution < -0.4 is 15.8 Å². The van der Waals surface area contributed by atoms with Crippen molar-refractivity contribution in [2.45, 2.75) is 6.54 Å². The molecule has 1 aromatic carbocycles. The number of ether oxygens (including phenoxy) is 1. The van der Waals surface area contributed by atoms with E-state index in [4.69, 9.17) is 14.9 Å². The lowest BCUT2D eigenvalue weighted by Crippen LogP contribution is -2.23. The quantitative estimate of drug-likeness (QED) is 0.806. The summed E-state index contributed by atoms with van der Waals surface area (Å²) >= 11 is 0. The molecule has 5 heteroatoms. The molecular formula is C13H14N2O3. The Labute approximate surface area is 105 Å². The summed E-state index contributed by atoms with van der Waals surface area (Å²) in [6.07, 6.45) is 1.56. The van der Waals surface area contributed by atoms with Crippen molar-refractivity contribution in [3.63, 3.8) is 0 Å². The predicted molar refractivity (Wildman–Crippen MR) is 67.3 cm³/mol. The maximum absolute atomic E-state index is 11.9. The van der Waals surface area contributed by atoms with Crippen LogP contribution in [0.25, 0.3) is 0 Å². The number of anilines is 1. The first-order valence-electron chi connectivity index (χ1n) is 5.45. The van der Waals surface area contributed by atoms with Gasteiger partial charge in [-0.3, -0.25) is 4.79 Å². The lowest BCUT2D eigenvalue weighted by atomic mass is 10.1. The summed E-state index contributed by atoms with van der Waals surface area (Å²) in [6.45, 7) is 0.322. The van der Waals surface area contributed by atoms with Crippen molar-refractivity contribution in [1.82, 2.24) is 5.32 Å². The molecule has 0 unspecified atom stereocenters. The van der Waals surface area contributed by atoms with Gasteiger partial charge in [0.1, 0.15) is 11.5 Å². The molecule has 2 rings (SSSR count). The van der Waals surface area contributed by atoms with Crippen molar-refractivity contribution < 1.29 is 13.9 Å². The summed E-state index contributed by atoms with van der Waals surface area (Å²) in [5.74, 6) is 0.910. The molecule has 0 aliphatic carbocycles. The zero-order valence-electron chi connectivity index (χ0n) is 9.97. The first-order valence-corrected chi connectivity index (χ1v) is 5.45. The number of nitrogen functional groups attached to an aromatic ring is 1. The van der Waals surface area contributed by atoms with E-state index in [2.05, 4.69) is 5.32 Å². The van der Waals surface area contributed by atoms with E-state index >= 15 is 0 Å². The zero-order chi connectivity index (χ0) is 13.0. The molecule has 5 nitrogen and oxygen atoms in total. The monoisotopic (exact) mass is 246 g/mol. The number of furan rings is 1. The second kappa shape index (κ2) is 5.27. The Kier molecular flexibility index (Phi) is 3.52. The first kappa shape index (κ1) is 12.0. The van der Waals surface area contributed by atoms with Crippen molar-refractivity contribution >= 4 is 11.6 Å². The molecule has 0 spiro atoms. The molecule has 0 fully saturated rings. The normalized spacial score (nSPS) is 10.1. The van der Waals surface area contributed by atoms with Gasteiger partial charge in [-0.1, -0.05) is 6.07 Å². The maximum Gasteiger partial charge on any atom is 0.253 e. The minimum atomic E-state index is -0.261. The van der Waals surface area contributed by atoms with E-state index in [1.54, 1.807) is 36.6 Å². The smallest absolute Gasteiger partial charge is 0.253 e. The summed E-state index contributed by atoms with van der Waals surface area (Å²) in [5, 5.41) is 2.73. The molecule has 0 radical (unpaired) electrons. The molecule has 0 saturated heterocycles. The van der Waals surface area contributed by atoms with Gasteiger partial charge in [0.2, 0.25) is 0 Å².